The first-order valence-electron chi connectivity index (χ1n) is 10.3. The first-order valence-corrected chi connectivity index (χ1v) is 10.3. The predicted octanol–water partition coefficient (Wildman–Crippen LogP) is 3.11. The number of unbranched alkanes of at least 4 members (excludes halogenated alkanes) is 13. The number of halogens is 1. The highest BCUT2D eigenvalue weighted by atomic mass is 79.9. The second-order valence-corrected chi connectivity index (χ2v) is 7.25. The fourth-order valence-electron chi connectivity index (χ4n) is 3.31. The molecule has 0 atom stereocenters. The van der Waals surface area contributed by atoms with Gasteiger partial charge in [-0.1, -0.05) is 84.0 Å². The maximum atomic E-state index is 2.38. The SMILES string of the molecule is CCCCCCCCCCCCCCCCn1cc[n+](C)c1C.[Br-]. The van der Waals surface area contributed by atoms with Gasteiger partial charge in [0, 0.05) is 6.92 Å². The fraction of sp³-hybridized carbons (Fsp3) is 0.857. The van der Waals surface area contributed by atoms with E-state index >= 15 is 0 Å². The molecule has 0 aliphatic heterocycles. The summed E-state index contributed by atoms with van der Waals surface area (Å²) in [5.41, 5.74) is 0. The van der Waals surface area contributed by atoms with Crippen LogP contribution < -0.4 is 21.5 Å². The molecule has 24 heavy (non-hydrogen) atoms. The van der Waals surface area contributed by atoms with Crippen molar-refractivity contribution in [2.24, 2.45) is 7.05 Å². The third kappa shape index (κ3) is 11.3. The standard InChI is InChI=1S/C21H41N2.BrH/c1-4-5-6-7-8-9-10-11-12-13-14-15-16-17-18-23-20-19-22(3)21(23)2;/h19-20H,4-18H2,1-3H3;1H/q+1;/p-1. The Morgan fingerprint density at radius 3 is 1.54 bits per heavy atom. The normalized spacial score (nSPS) is 10.8. The molecule has 0 spiro atoms. The molecule has 0 radical (unpaired) electrons. The second kappa shape index (κ2) is 16.2. The van der Waals surface area contributed by atoms with Crippen LogP contribution in [-0.4, -0.2) is 4.57 Å². The monoisotopic (exact) mass is 400 g/mol. The molecule has 2 nitrogen and oxygen atoms in total. The van der Waals surface area contributed by atoms with Crippen LogP contribution in [0.3, 0.4) is 0 Å². The van der Waals surface area contributed by atoms with Crippen LogP contribution in [-0.2, 0) is 13.6 Å². The van der Waals surface area contributed by atoms with Gasteiger partial charge in [0.2, 0.25) is 0 Å². The largest absolute Gasteiger partial charge is 1.00 e. The molecule has 0 amide bonds. The second-order valence-electron chi connectivity index (χ2n) is 7.25. The van der Waals surface area contributed by atoms with Crippen LogP contribution in [0.15, 0.2) is 12.4 Å². The zero-order valence-electron chi connectivity index (χ0n) is 16.5. The minimum atomic E-state index is 0. The molecular formula is C21H41BrN2. The van der Waals surface area contributed by atoms with Crippen LogP contribution in [0.5, 0.6) is 0 Å². The van der Waals surface area contributed by atoms with E-state index in [-0.39, 0.29) is 17.0 Å². The maximum absolute atomic E-state index is 2.38. The van der Waals surface area contributed by atoms with Crippen molar-refractivity contribution in [2.45, 2.75) is 110 Å². The van der Waals surface area contributed by atoms with E-state index in [4.69, 9.17) is 0 Å². The van der Waals surface area contributed by atoms with Crippen LogP contribution in [0.1, 0.15) is 103 Å². The number of nitrogens with zero attached hydrogens (tertiary/aromatic N) is 2. The summed E-state index contributed by atoms with van der Waals surface area (Å²) in [6.07, 6.45) is 24.4. The van der Waals surface area contributed by atoms with E-state index in [9.17, 15) is 0 Å². The lowest BCUT2D eigenvalue weighted by atomic mass is 10.0. The lowest BCUT2D eigenvalue weighted by molar-refractivity contribution is -0.677. The lowest BCUT2D eigenvalue weighted by Gasteiger charge is -2.03. The van der Waals surface area contributed by atoms with E-state index in [1.807, 2.05) is 0 Å². The predicted molar refractivity (Wildman–Crippen MR) is 101 cm³/mol. The van der Waals surface area contributed by atoms with Gasteiger partial charge < -0.3 is 17.0 Å². The van der Waals surface area contributed by atoms with Gasteiger partial charge in [-0.05, 0) is 12.8 Å². The van der Waals surface area contributed by atoms with Gasteiger partial charge in [-0.3, -0.25) is 0 Å². The van der Waals surface area contributed by atoms with Gasteiger partial charge in [-0.25, -0.2) is 9.13 Å². The first-order chi connectivity index (χ1) is 11.3. The van der Waals surface area contributed by atoms with E-state index in [1.165, 1.54) is 102 Å². The Kier molecular flexibility index (Phi) is 16.0. The summed E-state index contributed by atoms with van der Waals surface area (Å²) in [6.45, 7) is 5.68. The highest BCUT2D eigenvalue weighted by Crippen LogP contribution is 2.13. The van der Waals surface area contributed by atoms with Crippen molar-refractivity contribution in [3.8, 4) is 0 Å². The summed E-state index contributed by atoms with van der Waals surface area (Å²) < 4.78 is 4.57. The van der Waals surface area contributed by atoms with Crippen LogP contribution in [0.25, 0.3) is 0 Å². The highest BCUT2D eigenvalue weighted by Gasteiger charge is 2.07. The minimum absolute atomic E-state index is 0. The molecule has 0 saturated heterocycles. The Morgan fingerprint density at radius 2 is 1.17 bits per heavy atom. The Hall–Kier alpha value is -0.310. The van der Waals surface area contributed by atoms with Crippen molar-refractivity contribution < 1.29 is 21.5 Å². The summed E-state index contributed by atoms with van der Waals surface area (Å²) in [5.74, 6) is 1.36. The summed E-state index contributed by atoms with van der Waals surface area (Å²) in [7, 11) is 2.12. The van der Waals surface area contributed by atoms with Crippen molar-refractivity contribution in [3.63, 3.8) is 0 Å². The molecule has 0 fully saturated rings. The van der Waals surface area contributed by atoms with E-state index < -0.39 is 0 Å². The van der Waals surface area contributed by atoms with Gasteiger partial charge in [0.05, 0.1) is 13.6 Å². The number of imidazole rings is 1. The van der Waals surface area contributed by atoms with Crippen molar-refractivity contribution in [3.05, 3.63) is 18.2 Å². The van der Waals surface area contributed by atoms with Gasteiger partial charge in [0.1, 0.15) is 12.4 Å². The van der Waals surface area contributed by atoms with Crippen molar-refractivity contribution >= 4 is 0 Å². The van der Waals surface area contributed by atoms with Gasteiger partial charge in [-0.2, -0.15) is 0 Å². The zero-order chi connectivity index (χ0) is 16.8. The minimum Gasteiger partial charge on any atom is -1.00 e. The van der Waals surface area contributed by atoms with Crippen molar-refractivity contribution in [2.75, 3.05) is 0 Å². The van der Waals surface area contributed by atoms with Crippen LogP contribution in [0.2, 0.25) is 0 Å². The summed E-state index contributed by atoms with van der Waals surface area (Å²) in [6, 6.07) is 0. The average Bonchev–Trinajstić information content (AvgIpc) is 2.87. The zero-order valence-corrected chi connectivity index (χ0v) is 18.1. The number of aryl methyl sites for hydroxylation is 2. The molecule has 1 aromatic rings. The van der Waals surface area contributed by atoms with Crippen LogP contribution in [0, 0.1) is 6.92 Å². The number of aromatic nitrogens is 2. The van der Waals surface area contributed by atoms with Crippen LogP contribution >= 0.6 is 0 Å². The molecule has 0 aliphatic rings. The molecular weight excluding hydrogens is 360 g/mol. The summed E-state index contributed by atoms with van der Waals surface area (Å²) >= 11 is 0. The fourth-order valence-corrected chi connectivity index (χ4v) is 3.31. The third-order valence-electron chi connectivity index (χ3n) is 5.15. The molecule has 0 unspecified atom stereocenters. The molecule has 0 aromatic carbocycles. The summed E-state index contributed by atoms with van der Waals surface area (Å²) in [4.78, 5) is 0. The van der Waals surface area contributed by atoms with Crippen LogP contribution in [0.4, 0.5) is 0 Å². The Morgan fingerprint density at radius 1 is 0.750 bits per heavy atom. The molecule has 0 saturated carbocycles. The molecule has 1 heterocycles. The number of hydrogen-bond donors (Lipinski definition) is 0. The molecule has 0 bridgehead atoms. The molecule has 1 aromatic heterocycles. The Labute approximate surface area is 161 Å². The van der Waals surface area contributed by atoms with Gasteiger partial charge in [-0.15, -0.1) is 0 Å². The molecule has 142 valence electrons. The average molecular weight is 401 g/mol. The first kappa shape index (κ1) is 23.7. The van der Waals surface area contributed by atoms with Crippen molar-refractivity contribution in [1.82, 2.24) is 4.57 Å². The number of hydrogen-bond acceptors (Lipinski definition) is 0. The highest BCUT2D eigenvalue weighted by molar-refractivity contribution is 4.78. The lowest BCUT2D eigenvalue weighted by Crippen LogP contribution is -3.00. The molecule has 0 aliphatic carbocycles. The quantitative estimate of drug-likeness (QED) is 0.316. The maximum Gasteiger partial charge on any atom is 0.253 e. The van der Waals surface area contributed by atoms with Gasteiger partial charge in [0.15, 0.2) is 0 Å². The van der Waals surface area contributed by atoms with Crippen molar-refractivity contribution in [1.29, 1.82) is 0 Å². The smallest absolute Gasteiger partial charge is 0.253 e. The number of rotatable bonds is 15. The summed E-state index contributed by atoms with van der Waals surface area (Å²) in [5, 5.41) is 0. The molecule has 3 heteroatoms. The van der Waals surface area contributed by atoms with E-state index in [0.29, 0.717) is 0 Å². The third-order valence-corrected chi connectivity index (χ3v) is 5.15. The molecule has 0 N–H and O–H groups in total. The molecule has 1 rings (SSSR count). The Bertz CT molecular complexity index is 387. The van der Waals surface area contributed by atoms with E-state index in [2.05, 4.69) is 42.4 Å². The topological polar surface area (TPSA) is 8.81 Å². The Balaban J connectivity index is 0.00000529. The van der Waals surface area contributed by atoms with Gasteiger partial charge in [0.25, 0.3) is 5.82 Å². The van der Waals surface area contributed by atoms with E-state index in [1.54, 1.807) is 0 Å². The van der Waals surface area contributed by atoms with Gasteiger partial charge >= 0.3 is 0 Å². The van der Waals surface area contributed by atoms with E-state index in [0.717, 1.165) is 0 Å².